The number of fused-ring (bicyclic) bond motifs is 1. The minimum atomic E-state index is -0.229. The van der Waals surface area contributed by atoms with Crippen molar-refractivity contribution in [2.24, 2.45) is 0 Å². The predicted molar refractivity (Wildman–Crippen MR) is 89.6 cm³/mol. The lowest BCUT2D eigenvalue weighted by atomic mass is 10.1. The maximum Gasteiger partial charge on any atom is 0.262 e. The van der Waals surface area contributed by atoms with Crippen LogP contribution in [0.4, 0.5) is 5.69 Å². The van der Waals surface area contributed by atoms with E-state index < -0.39 is 0 Å². The van der Waals surface area contributed by atoms with Crippen LogP contribution in [0, 0.1) is 3.57 Å². The molecule has 2 aromatic carbocycles. The molecule has 1 amide bonds. The van der Waals surface area contributed by atoms with Gasteiger partial charge in [0.2, 0.25) is 0 Å². The van der Waals surface area contributed by atoms with Gasteiger partial charge in [-0.25, -0.2) is 0 Å². The molecule has 1 aliphatic rings. The van der Waals surface area contributed by atoms with E-state index in [-0.39, 0.29) is 24.9 Å². The zero-order chi connectivity index (χ0) is 15.5. The minimum Gasteiger partial charge on any atom is -0.485 e. The number of carbonyl (C=O) groups is 2. The topological polar surface area (TPSA) is 64.6 Å². The number of rotatable bonds is 4. The summed E-state index contributed by atoms with van der Waals surface area (Å²) in [5, 5.41) is 2.68. The van der Waals surface area contributed by atoms with Gasteiger partial charge in [-0.3, -0.25) is 9.59 Å². The molecular weight excluding hydrogens is 397 g/mol. The third kappa shape index (κ3) is 3.38. The molecule has 1 aliphatic heterocycles. The Morgan fingerprint density at radius 1 is 1.27 bits per heavy atom. The average molecular weight is 409 g/mol. The monoisotopic (exact) mass is 409 g/mol. The Morgan fingerprint density at radius 3 is 2.95 bits per heavy atom. The normalized spacial score (nSPS) is 12.9. The lowest BCUT2D eigenvalue weighted by Crippen LogP contribution is -2.25. The lowest BCUT2D eigenvalue weighted by Gasteiger charge is -2.18. The molecule has 0 radical (unpaired) electrons. The smallest absolute Gasteiger partial charge is 0.262 e. The van der Waals surface area contributed by atoms with Crippen molar-refractivity contribution >= 4 is 40.0 Å². The molecule has 3 rings (SSSR count). The molecule has 0 unspecified atom stereocenters. The highest BCUT2D eigenvalue weighted by Gasteiger charge is 2.18. The quantitative estimate of drug-likeness (QED) is 0.623. The molecule has 2 aromatic rings. The van der Waals surface area contributed by atoms with E-state index in [0.717, 1.165) is 3.57 Å². The van der Waals surface area contributed by atoms with Gasteiger partial charge in [0.1, 0.15) is 11.5 Å². The summed E-state index contributed by atoms with van der Waals surface area (Å²) in [6.07, 6.45) is 0. The maximum atomic E-state index is 12.2. The van der Waals surface area contributed by atoms with Crippen LogP contribution in [-0.4, -0.2) is 24.9 Å². The van der Waals surface area contributed by atoms with E-state index in [2.05, 4.69) is 27.9 Å². The molecule has 1 heterocycles. The summed E-state index contributed by atoms with van der Waals surface area (Å²) in [6.45, 7) is -0.0657. The van der Waals surface area contributed by atoms with E-state index in [1.54, 1.807) is 24.3 Å². The van der Waals surface area contributed by atoms with Gasteiger partial charge in [0.25, 0.3) is 5.91 Å². The van der Waals surface area contributed by atoms with E-state index in [9.17, 15) is 9.59 Å². The van der Waals surface area contributed by atoms with Gasteiger partial charge in [0.15, 0.2) is 19.0 Å². The Balaban J connectivity index is 1.70. The van der Waals surface area contributed by atoms with Crippen molar-refractivity contribution in [3.63, 3.8) is 0 Å². The second-order valence-corrected chi connectivity index (χ2v) is 5.96. The summed E-state index contributed by atoms with van der Waals surface area (Å²) in [5.41, 5.74) is 0.978. The summed E-state index contributed by atoms with van der Waals surface area (Å²) >= 11 is 2.18. The van der Waals surface area contributed by atoms with Crippen LogP contribution in [-0.2, 0) is 4.79 Å². The van der Waals surface area contributed by atoms with E-state index in [1.165, 1.54) is 0 Å². The number of Topliss-reactive ketones (excluding diaryl/α,β-unsaturated/α-hetero) is 1. The third-order valence-corrected chi connectivity index (χ3v) is 3.77. The number of anilines is 1. The van der Waals surface area contributed by atoms with Gasteiger partial charge in [-0.1, -0.05) is 6.07 Å². The molecule has 0 fully saturated rings. The van der Waals surface area contributed by atoms with Crippen molar-refractivity contribution in [2.75, 3.05) is 18.5 Å². The third-order valence-electron chi connectivity index (χ3n) is 3.10. The highest BCUT2D eigenvalue weighted by Crippen LogP contribution is 2.28. The fourth-order valence-corrected chi connectivity index (χ4v) is 2.56. The van der Waals surface area contributed by atoms with E-state index in [1.807, 2.05) is 18.2 Å². The van der Waals surface area contributed by atoms with Crippen LogP contribution in [0.15, 0.2) is 42.5 Å². The van der Waals surface area contributed by atoms with Crippen LogP contribution in [0.2, 0.25) is 0 Å². The molecule has 22 heavy (non-hydrogen) atoms. The minimum absolute atomic E-state index is 0.00392. The molecule has 0 atom stereocenters. The standard InChI is InChI=1S/C16H12INO4/c17-11-2-1-3-12(7-11)21-8-14(19)10-4-5-15-13(6-10)18-16(20)9-22-15/h1-7H,8-9H2,(H,18,20). The van der Waals surface area contributed by atoms with E-state index in [0.29, 0.717) is 22.7 Å². The molecule has 0 bridgehead atoms. The first-order chi connectivity index (χ1) is 10.6. The van der Waals surface area contributed by atoms with Gasteiger partial charge >= 0.3 is 0 Å². The van der Waals surface area contributed by atoms with Gasteiger partial charge in [-0.2, -0.15) is 0 Å². The molecular formula is C16H12INO4. The molecule has 1 N–H and O–H groups in total. The number of hydrogen-bond donors (Lipinski definition) is 1. The Bertz CT molecular complexity index is 745. The maximum absolute atomic E-state index is 12.2. The molecule has 0 saturated carbocycles. The second kappa shape index (κ2) is 6.35. The molecule has 5 nitrogen and oxygen atoms in total. The summed E-state index contributed by atoms with van der Waals surface area (Å²) in [7, 11) is 0. The first-order valence-electron chi connectivity index (χ1n) is 6.60. The van der Waals surface area contributed by atoms with Gasteiger partial charge < -0.3 is 14.8 Å². The van der Waals surface area contributed by atoms with Crippen molar-refractivity contribution in [1.29, 1.82) is 0 Å². The van der Waals surface area contributed by atoms with Crippen molar-refractivity contribution in [1.82, 2.24) is 0 Å². The molecule has 0 aliphatic carbocycles. The van der Waals surface area contributed by atoms with Crippen LogP contribution in [0.25, 0.3) is 0 Å². The number of halogens is 1. The largest absolute Gasteiger partial charge is 0.485 e. The fourth-order valence-electron chi connectivity index (χ4n) is 2.05. The number of nitrogens with one attached hydrogen (secondary N) is 1. The van der Waals surface area contributed by atoms with E-state index >= 15 is 0 Å². The van der Waals surface area contributed by atoms with Gasteiger partial charge in [-0.05, 0) is 59.0 Å². The van der Waals surface area contributed by atoms with Gasteiger partial charge in [0, 0.05) is 9.13 Å². The zero-order valence-electron chi connectivity index (χ0n) is 11.5. The van der Waals surface area contributed by atoms with Crippen LogP contribution in [0.1, 0.15) is 10.4 Å². The van der Waals surface area contributed by atoms with Crippen molar-refractivity contribution in [3.05, 3.63) is 51.6 Å². The molecule has 0 saturated heterocycles. The number of ketones is 1. The Kier molecular flexibility index (Phi) is 4.28. The summed E-state index contributed by atoms with van der Waals surface area (Å²) in [5.74, 6) is 0.818. The molecule has 112 valence electrons. The Morgan fingerprint density at radius 2 is 2.14 bits per heavy atom. The SMILES string of the molecule is O=C1COc2ccc(C(=O)COc3cccc(I)c3)cc2N1. The fraction of sp³-hybridized carbons (Fsp3) is 0.125. The Labute approximate surface area is 140 Å². The van der Waals surface area contributed by atoms with Crippen molar-refractivity contribution in [2.45, 2.75) is 0 Å². The first-order valence-corrected chi connectivity index (χ1v) is 7.68. The van der Waals surface area contributed by atoms with Crippen LogP contribution >= 0.6 is 22.6 Å². The molecule has 0 aromatic heterocycles. The lowest BCUT2D eigenvalue weighted by molar-refractivity contribution is -0.118. The first kappa shape index (κ1) is 14.8. The van der Waals surface area contributed by atoms with Crippen molar-refractivity contribution in [3.8, 4) is 11.5 Å². The van der Waals surface area contributed by atoms with Crippen LogP contribution in [0.5, 0.6) is 11.5 Å². The Hall–Kier alpha value is -2.09. The van der Waals surface area contributed by atoms with Crippen LogP contribution in [0.3, 0.4) is 0 Å². The number of amides is 1. The number of carbonyl (C=O) groups excluding carboxylic acids is 2. The highest BCUT2D eigenvalue weighted by atomic mass is 127. The van der Waals surface area contributed by atoms with Crippen molar-refractivity contribution < 1.29 is 19.1 Å². The summed E-state index contributed by atoms with van der Waals surface area (Å²) in [4.78, 5) is 23.5. The second-order valence-electron chi connectivity index (χ2n) is 4.72. The average Bonchev–Trinajstić information content (AvgIpc) is 2.52. The summed E-state index contributed by atoms with van der Waals surface area (Å²) < 4.78 is 11.8. The number of ether oxygens (including phenoxy) is 2. The molecule has 0 spiro atoms. The van der Waals surface area contributed by atoms with Gasteiger partial charge in [-0.15, -0.1) is 0 Å². The number of benzene rings is 2. The zero-order valence-corrected chi connectivity index (χ0v) is 13.6. The highest BCUT2D eigenvalue weighted by molar-refractivity contribution is 14.1. The molecule has 6 heteroatoms. The number of hydrogen-bond acceptors (Lipinski definition) is 4. The van der Waals surface area contributed by atoms with E-state index in [4.69, 9.17) is 9.47 Å². The van der Waals surface area contributed by atoms with Gasteiger partial charge in [0.05, 0.1) is 5.69 Å². The van der Waals surface area contributed by atoms with Crippen LogP contribution < -0.4 is 14.8 Å². The predicted octanol–water partition coefficient (Wildman–Crippen LogP) is 2.88. The summed E-state index contributed by atoms with van der Waals surface area (Å²) in [6, 6.07) is 12.4.